The molecule has 0 N–H and O–H groups in total. The first-order valence-corrected chi connectivity index (χ1v) is 9.91. The van der Waals surface area contributed by atoms with Gasteiger partial charge in [0, 0.05) is 12.8 Å². The SMILES string of the molecule is CC.CC.CCC1=NOC(C(C)C)C1.CCC1CC(C(C)C)=NO1. The smallest absolute Gasteiger partial charge is 0.135 e. The van der Waals surface area contributed by atoms with Crippen LogP contribution in [0.25, 0.3) is 0 Å². The third kappa shape index (κ3) is 9.94. The van der Waals surface area contributed by atoms with Crippen molar-refractivity contribution in [2.24, 2.45) is 22.1 Å². The van der Waals surface area contributed by atoms with E-state index in [1.165, 1.54) is 11.4 Å². The summed E-state index contributed by atoms with van der Waals surface area (Å²) in [4.78, 5) is 10.4. The molecule has 144 valence electrons. The van der Waals surface area contributed by atoms with Crippen molar-refractivity contribution in [1.82, 2.24) is 0 Å². The third-order valence-electron chi connectivity index (χ3n) is 3.78. The van der Waals surface area contributed by atoms with Crippen LogP contribution >= 0.6 is 0 Å². The Morgan fingerprint density at radius 1 is 0.917 bits per heavy atom. The topological polar surface area (TPSA) is 43.2 Å². The Morgan fingerprint density at radius 2 is 1.50 bits per heavy atom. The lowest BCUT2D eigenvalue weighted by Gasteiger charge is -2.10. The Balaban J connectivity index is 0. The molecule has 2 atom stereocenters. The van der Waals surface area contributed by atoms with Crippen molar-refractivity contribution in [3.63, 3.8) is 0 Å². The van der Waals surface area contributed by atoms with Crippen molar-refractivity contribution in [2.45, 2.75) is 107 Å². The van der Waals surface area contributed by atoms with Gasteiger partial charge in [0.1, 0.15) is 12.2 Å². The van der Waals surface area contributed by atoms with Gasteiger partial charge >= 0.3 is 0 Å². The lowest BCUT2D eigenvalue weighted by molar-refractivity contribution is 0.0521. The van der Waals surface area contributed by atoms with Gasteiger partial charge in [-0.25, -0.2) is 0 Å². The number of hydrogen-bond acceptors (Lipinski definition) is 4. The summed E-state index contributed by atoms with van der Waals surface area (Å²) in [5.74, 6) is 1.14. The van der Waals surface area contributed by atoms with E-state index in [4.69, 9.17) is 9.68 Å². The number of hydrogen-bond donors (Lipinski definition) is 0. The van der Waals surface area contributed by atoms with E-state index in [1.807, 2.05) is 27.7 Å². The normalized spacial score (nSPS) is 21.2. The predicted octanol–water partition coefficient (Wildman–Crippen LogP) is 6.45. The highest BCUT2D eigenvalue weighted by Gasteiger charge is 2.22. The minimum absolute atomic E-state index is 0.343. The number of oxime groups is 2. The lowest BCUT2D eigenvalue weighted by atomic mass is 10.0. The summed E-state index contributed by atoms with van der Waals surface area (Å²) in [5, 5.41) is 7.98. The quantitative estimate of drug-likeness (QED) is 0.589. The second-order valence-corrected chi connectivity index (χ2v) is 6.18. The molecule has 0 bridgehead atoms. The Kier molecular flexibility index (Phi) is 16.2. The number of rotatable bonds is 4. The Morgan fingerprint density at radius 3 is 1.75 bits per heavy atom. The van der Waals surface area contributed by atoms with E-state index >= 15 is 0 Å². The Bertz CT molecular complexity index is 350. The van der Waals surface area contributed by atoms with E-state index in [0.29, 0.717) is 24.0 Å². The molecule has 0 saturated carbocycles. The zero-order valence-electron chi connectivity index (χ0n) is 17.8. The molecular weight excluding hydrogens is 300 g/mol. The first kappa shape index (κ1) is 25.2. The predicted molar refractivity (Wildman–Crippen MR) is 107 cm³/mol. The van der Waals surface area contributed by atoms with E-state index in [1.54, 1.807) is 0 Å². The van der Waals surface area contributed by atoms with Crippen molar-refractivity contribution in [3.8, 4) is 0 Å². The summed E-state index contributed by atoms with van der Waals surface area (Å²) in [6, 6.07) is 0. The van der Waals surface area contributed by atoms with Crippen LogP contribution in [-0.2, 0) is 9.68 Å². The highest BCUT2D eigenvalue weighted by molar-refractivity contribution is 5.87. The molecule has 0 aromatic rings. The van der Waals surface area contributed by atoms with Crippen LogP contribution < -0.4 is 0 Å². The Labute approximate surface area is 151 Å². The molecule has 2 unspecified atom stereocenters. The van der Waals surface area contributed by atoms with Crippen molar-refractivity contribution in [3.05, 3.63) is 0 Å². The van der Waals surface area contributed by atoms with Crippen molar-refractivity contribution in [2.75, 3.05) is 0 Å². The molecule has 0 aromatic carbocycles. The van der Waals surface area contributed by atoms with E-state index < -0.39 is 0 Å². The minimum atomic E-state index is 0.343. The van der Waals surface area contributed by atoms with E-state index in [0.717, 1.165) is 25.7 Å². The van der Waals surface area contributed by atoms with Gasteiger partial charge in [-0.15, -0.1) is 0 Å². The molecule has 24 heavy (non-hydrogen) atoms. The zero-order chi connectivity index (χ0) is 19.1. The van der Waals surface area contributed by atoms with Gasteiger partial charge in [0.2, 0.25) is 0 Å². The van der Waals surface area contributed by atoms with Crippen molar-refractivity contribution < 1.29 is 9.68 Å². The van der Waals surface area contributed by atoms with Crippen LogP contribution in [0.5, 0.6) is 0 Å². The first-order valence-electron chi connectivity index (χ1n) is 9.91. The number of nitrogens with zero attached hydrogens (tertiary/aromatic N) is 2. The summed E-state index contributed by atoms with van der Waals surface area (Å²) >= 11 is 0. The molecule has 2 aliphatic heterocycles. The molecule has 0 spiro atoms. The average molecular weight is 343 g/mol. The molecule has 0 fully saturated rings. The first-order chi connectivity index (χ1) is 11.5. The Hall–Kier alpha value is -1.06. The van der Waals surface area contributed by atoms with Gasteiger partial charge in [-0.2, -0.15) is 0 Å². The van der Waals surface area contributed by atoms with E-state index in [9.17, 15) is 0 Å². The fourth-order valence-corrected chi connectivity index (χ4v) is 2.03. The average Bonchev–Trinajstić information content (AvgIpc) is 3.28. The second kappa shape index (κ2) is 15.5. The molecule has 4 heteroatoms. The summed E-state index contributed by atoms with van der Waals surface area (Å²) in [6.07, 6.45) is 4.87. The minimum Gasteiger partial charge on any atom is -0.392 e. The summed E-state index contributed by atoms with van der Waals surface area (Å²) in [6.45, 7) is 20.9. The van der Waals surface area contributed by atoms with Gasteiger partial charge in [0.15, 0.2) is 0 Å². The van der Waals surface area contributed by atoms with Crippen LogP contribution in [0.1, 0.15) is 94.9 Å². The van der Waals surface area contributed by atoms with Crippen LogP contribution in [0, 0.1) is 11.8 Å². The molecule has 0 saturated heterocycles. The van der Waals surface area contributed by atoms with Crippen LogP contribution in [0.4, 0.5) is 0 Å². The van der Waals surface area contributed by atoms with Crippen LogP contribution in [-0.4, -0.2) is 23.6 Å². The van der Waals surface area contributed by atoms with E-state index in [-0.39, 0.29) is 0 Å². The van der Waals surface area contributed by atoms with Crippen LogP contribution in [0.2, 0.25) is 0 Å². The fourth-order valence-electron chi connectivity index (χ4n) is 2.03. The lowest BCUT2D eigenvalue weighted by Crippen LogP contribution is -2.14. The molecule has 0 aliphatic carbocycles. The van der Waals surface area contributed by atoms with Crippen molar-refractivity contribution >= 4 is 11.4 Å². The molecule has 2 aliphatic rings. The molecule has 2 heterocycles. The molecule has 2 rings (SSSR count). The second-order valence-electron chi connectivity index (χ2n) is 6.18. The summed E-state index contributed by atoms with van der Waals surface area (Å²) < 4.78 is 0. The highest BCUT2D eigenvalue weighted by atomic mass is 16.6. The van der Waals surface area contributed by atoms with Gasteiger partial charge in [-0.05, 0) is 24.7 Å². The zero-order valence-corrected chi connectivity index (χ0v) is 17.8. The molecule has 0 amide bonds. The maximum absolute atomic E-state index is 5.21. The van der Waals surface area contributed by atoms with E-state index in [2.05, 4.69) is 51.9 Å². The van der Waals surface area contributed by atoms with Gasteiger partial charge in [-0.1, -0.05) is 79.5 Å². The highest BCUT2D eigenvalue weighted by Crippen LogP contribution is 2.19. The maximum Gasteiger partial charge on any atom is 0.135 e. The third-order valence-corrected chi connectivity index (χ3v) is 3.78. The van der Waals surface area contributed by atoms with Gasteiger partial charge in [-0.3, -0.25) is 0 Å². The van der Waals surface area contributed by atoms with Gasteiger partial charge in [0.05, 0.1) is 11.4 Å². The van der Waals surface area contributed by atoms with Gasteiger partial charge < -0.3 is 9.68 Å². The standard InChI is InChI=1S/2C8H15NO.2C2H6/c1-4-7-5-8(6(2)3)9-10-7;1-4-7-5-8(6(2)3)10-9-7;2*1-2/h6-7H,4-5H2,1-3H3;6,8H,4-5H2,1-3H3;2*1-2H3. The summed E-state index contributed by atoms with van der Waals surface area (Å²) in [5.41, 5.74) is 2.42. The van der Waals surface area contributed by atoms with Gasteiger partial charge in [0.25, 0.3) is 0 Å². The molecular formula is C20H42N2O2. The molecule has 0 radical (unpaired) electrons. The largest absolute Gasteiger partial charge is 0.392 e. The molecule has 0 aromatic heterocycles. The summed E-state index contributed by atoms with van der Waals surface area (Å²) in [7, 11) is 0. The monoisotopic (exact) mass is 342 g/mol. The maximum atomic E-state index is 5.21. The fraction of sp³-hybridized carbons (Fsp3) is 0.900. The van der Waals surface area contributed by atoms with Crippen molar-refractivity contribution in [1.29, 1.82) is 0 Å². The van der Waals surface area contributed by atoms with Crippen LogP contribution in [0.3, 0.4) is 0 Å². The molecule has 4 nitrogen and oxygen atoms in total. The van der Waals surface area contributed by atoms with Crippen LogP contribution in [0.15, 0.2) is 10.3 Å².